The molecule has 7 heteroatoms. The van der Waals surface area contributed by atoms with Gasteiger partial charge in [-0.3, -0.25) is 9.69 Å². The molecule has 0 aliphatic carbocycles. The third-order valence-corrected chi connectivity index (χ3v) is 6.73. The highest BCUT2D eigenvalue weighted by molar-refractivity contribution is 5.91. The molecule has 3 aromatic carbocycles. The number of para-hydroxylation sites is 1. The number of rotatable bonds is 11. The molecule has 5 rings (SSSR count). The van der Waals surface area contributed by atoms with E-state index >= 15 is 0 Å². The fourth-order valence-corrected chi connectivity index (χ4v) is 4.60. The van der Waals surface area contributed by atoms with Gasteiger partial charge in [-0.1, -0.05) is 60.7 Å². The van der Waals surface area contributed by atoms with Crippen LogP contribution in [0.25, 0.3) is 0 Å². The molecule has 38 heavy (non-hydrogen) atoms. The lowest BCUT2D eigenvalue weighted by Crippen LogP contribution is -2.32. The predicted molar refractivity (Wildman–Crippen MR) is 145 cm³/mol. The molecule has 1 aromatic heterocycles. The van der Waals surface area contributed by atoms with Gasteiger partial charge in [-0.15, -0.1) is 0 Å². The first-order chi connectivity index (χ1) is 18.6. The van der Waals surface area contributed by atoms with Gasteiger partial charge < -0.3 is 19.2 Å². The summed E-state index contributed by atoms with van der Waals surface area (Å²) in [5.41, 5.74) is 2.57. The quantitative estimate of drug-likeness (QED) is 0.261. The van der Waals surface area contributed by atoms with Crippen molar-refractivity contribution in [1.29, 1.82) is 0 Å². The maximum absolute atomic E-state index is 12.6. The van der Waals surface area contributed by atoms with E-state index in [1.807, 2.05) is 60.7 Å². The fourth-order valence-electron chi connectivity index (χ4n) is 4.60. The third-order valence-electron chi connectivity index (χ3n) is 6.73. The molecule has 1 aliphatic rings. The third kappa shape index (κ3) is 6.88. The van der Waals surface area contributed by atoms with Gasteiger partial charge in [0, 0.05) is 25.7 Å². The van der Waals surface area contributed by atoms with Crippen LogP contribution in [0.15, 0.2) is 95.6 Å². The Balaban J connectivity index is 1.30. The summed E-state index contributed by atoms with van der Waals surface area (Å²) in [4.78, 5) is 19.4. The van der Waals surface area contributed by atoms with Crippen LogP contribution in [0.4, 0.5) is 0 Å². The zero-order valence-electron chi connectivity index (χ0n) is 21.6. The van der Waals surface area contributed by atoms with Crippen LogP contribution in [0.5, 0.6) is 11.5 Å². The van der Waals surface area contributed by atoms with Crippen LogP contribution in [0.3, 0.4) is 0 Å². The highest BCUT2D eigenvalue weighted by Gasteiger charge is 2.22. The van der Waals surface area contributed by atoms with Crippen molar-refractivity contribution in [3.8, 4) is 11.5 Å². The topological polar surface area (TPSA) is 76.8 Å². The van der Waals surface area contributed by atoms with Crippen molar-refractivity contribution in [1.82, 2.24) is 15.2 Å². The van der Waals surface area contributed by atoms with E-state index in [0.717, 1.165) is 36.5 Å². The van der Waals surface area contributed by atoms with Crippen molar-refractivity contribution in [2.75, 3.05) is 13.2 Å². The summed E-state index contributed by atoms with van der Waals surface area (Å²) in [6, 6.07) is 28.3. The number of benzene rings is 3. The molecule has 1 aliphatic heterocycles. The molecular formula is C31H33N3O4. The Morgan fingerprint density at radius 2 is 1.79 bits per heavy atom. The molecule has 0 bridgehead atoms. The summed E-state index contributed by atoms with van der Waals surface area (Å²) in [5.74, 6) is 1.82. The number of oxazole rings is 1. The molecule has 4 aromatic rings. The van der Waals surface area contributed by atoms with E-state index in [9.17, 15) is 4.79 Å². The molecule has 1 N–H and O–H groups in total. The van der Waals surface area contributed by atoms with Gasteiger partial charge >= 0.3 is 0 Å². The number of hydrogen-bond donors (Lipinski definition) is 1. The Kier molecular flexibility index (Phi) is 8.48. The van der Waals surface area contributed by atoms with Crippen molar-refractivity contribution >= 4 is 5.91 Å². The van der Waals surface area contributed by atoms with Crippen molar-refractivity contribution in [2.45, 2.75) is 45.0 Å². The number of carbonyl (C=O) groups is 1. The van der Waals surface area contributed by atoms with Gasteiger partial charge in [-0.2, -0.15) is 0 Å². The van der Waals surface area contributed by atoms with Crippen molar-refractivity contribution in [3.63, 3.8) is 0 Å². The van der Waals surface area contributed by atoms with E-state index in [1.165, 1.54) is 11.8 Å². The van der Waals surface area contributed by atoms with Gasteiger partial charge in [0.15, 0.2) is 5.69 Å². The molecule has 2 heterocycles. The number of aromatic nitrogens is 1. The van der Waals surface area contributed by atoms with Gasteiger partial charge in [0.2, 0.25) is 5.89 Å². The summed E-state index contributed by atoms with van der Waals surface area (Å²) in [6.45, 7) is 4.49. The van der Waals surface area contributed by atoms with Gasteiger partial charge in [-0.25, -0.2) is 4.98 Å². The molecule has 2 atom stereocenters. The SMILES string of the molecule is C[C@@H](c1ccccc1)N(Cc1cccc(Oc2ccccc2)c1)Cc1nc(C(=O)NC[C@H]2CCCO2)co1. The van der Waals surface area contributed by atoms with Gasteiger partial charge in [0.1, 0.15) is 17.8 Å². The molecule has 0 saturated carbocycles. The molecule has 1 fully saturated rings. The van der Waals surface area contributed by atoms with Crippen LogP contribution in [0, 0.1) is 0 Å². The van der Waals surface area contributed by atoms with Gasteiger partial charge in [0.05, 0.1) is 12.6 Å². The minimum atomic E-state index is -0.246. The van der Waals surface area contributed by atoms with Gasteiger partial charge in [0.25, 0.3) is 5.91 Å². The standard InChI is InChI=1S/C31H33N3O4/c1-23(25-11-4-2-5-12-25)34(20-24-10-8-15-27(18-24)38-26-13-6-3-7-14-26)21-30-33-29(22-37-30)31(35)32-19-28-16-9-17-36-28/h2-8,10-15,18,22-23,28H,9,16-17,19-21H2,1H3,(H,32,35)/t23-,28+/m0/s1. The summed E-state index contributed by atoms with van der Waals surface area (Å²) in [7, 11) is 0. The van der Waals surface area contributed by atoms with E-state index < -0.39 is 0 Å². The van der Waals surface area contributed by atoms with Crippen LogP contribution in [-0.2, 0) is 17.8 Å². The second-order valence-electron chi connectivity index (χ2n) is 9.53. The Morgan fingerprint density at radius 1 is 1.03 bits per heavy atom. The smallest absolute Gasteiger partial charge is 0.273 e. The first-order valence-corrected chi connectivity index (χ1v) is 13.1. The molecule has 0 unspecified atom stereocenters. The van der Waals surface area contributed by atoms with Crippen molar-refractivity contribution in [3.05, 3.63) is 114 Å². The number of ether oxygens (including phenoxy) is 2. The maximum Gasteiger partial charge on any atom is 0.273 e. The zero-order chi connectivity index (χ0) is 26.2. The highest BCUT2D eigenvalue weighted by Crippen LogP contribution is 2.27. The number of nitrogens with zero attached hydrogens (tertiary/aromatic N) is 2. The van der Waals surface area contributed by atoms with Crippen LogP contribution in [0.1, 0.15) is 53.3 Å². The van der Waals surface area contributed by atoms with E-state index in [1.54, 1.807) is 0 Å². The summed E-state index contributed by atoms with van der Waals surface area (Å²) >= 11 is 0. The molecule has 7 nitrogen and oxygen atoms in total. The number of nitrogens with one attached hydrogen (secondary N) is 1. The second kappa shape index (κ2) is 12.5. The summed E-state index contributed by atoms with van der Waals surface area (Å²) < 4.78 is 17.4. The van der Waals surface area contributed by atoms with Crippen LogP contribution in [0.2, 0.25) is 0 Å². The number of amides is 1. The second-order valence-corrected chi connectivity index (χ2v) is 9.53. The van der Waals surface area contributed by atoms with E-state index in [4.69, 9.17) is 13.9 Å². The van der Waals surface area contributed by atoms with Crippen LogP contribution >= 0.6 is 0 Å². The van der Waals surface area contributed by atoms with E-state index in [2.05, 4.69) is 46.4 Å². The molecule has 0 radical (unpaired) electrons. The van der Waals surface area contributed by atoms with E-state index in [0.29, 0.717) is 25.5 Å². The Bertz CT molecular complexity index is 1300. The molecule has 0 spiro atoms. The summed E-state index contributed by atoms with van der Waals surface area (Å²) in [6.07, 6.45) is 3.51. The Hall–Kier alpha value is -3.94. The summed E-state index contributed by atoms with van der Waals surface area (Å²) in [5, 5.41) is 2.91. The molecule has 1 amide bonds. The Labute approximate surface area is 223 Å². The first kappa shape index (κ1) is 25.7. The lowest BCUT2D eigenvalue weighted by molar-refractivity contribution is 0.0853. The lowest BCUT2D eigenvalue weighted by Gasteiger charge is -2.28. The maximum atomic E-state index is 12.6. The van der Waals surface area contributed by atoms with E-state index in [-0.39, 0.29) is 23.7 Å². The molecular weight excluding hydrogens is 478 g/mol. The number of carbonyl (C=O) groups excluding carboxylic acids is 1. The van der Waals surface area contributed by atoms with Crippen molar-refractivity contribution in [2.24, 2.45) is 0 Å². The monoisotopic (exact) mass is 511 g/mol. The minimum absolute atomic E-state index is 0.0779. The van der Waals surface area contributed by atoms with Crippen molar-refractivity contribution < 1.29 is 18.7 Å². The minimum Gasteiger partial charge on any atom is -0.457 e. The number of hydrogen-bond acceptors (Lipinski definition) is 6. The van der Waals surface area contributed by atoms with Crippen LogP contribution < -0.4 is 10.1 Å². The average molecular weight is 512 g/mol. The molecule has 196 valence electrons. The fraction of sp³-hybridized carbons (Fsp3) is 0.290. The first-order valence-electron chi connectivity index (χ1n) is 13.1. The molecule has 1 saturated heterocycles. The lowest BCUT2D eigenvalue weighted by atomic mass is 10.1. The van der Waals surface area contributed by atoms with Crippen LogP contribution in [-0.4, -0.2) is 35.0 Å². The Morgan fingerprint density at radius 3 is 2.55 bits per heavy atom. The predicted octanol–water partition coefficient (Wildman–Crippen LogP) is 6.14. The largest absolute Gasteiger partial charge is 0.457 e. The normalized spacial score (nSPS) is 15.9. The zero-order valence-corrected chi connectivity index (χ0v) is 21.6. The average Bonchev–Trinajstić information content (AvgIpc) is 3.65. The van der Waals surface area contributed by atoms with Gasteiger partial charge in [-0.05, 0) is 55.2 Å². The highest BCUT2D eigenvalue weighted by atomic mass is 16.5.